The number of aromatic nitrogens is 4. The maximum absolute atomic E-state index is 12.5. The van der Waals surface area contributed by atoms with E-state index in [1.54, 1.807) is 0 Å². The summed E-state index contributed by atoms with van der Waals surface area (Å²) >= 11 is 0. The van der Waals surface area contributed by atoms with Crippen LogP contribution in [-0.2, 0) is 0 Å². The molecular formula is C16H17N5O. The molecule has 2 N–H and O–H groups in total. The Hall–Kier alpha value is -2.63. The number of hydrogen-bond donors (Lipinski definition) is 2. The fourth-order valence-corrected chi connectivity index (χ4v) is 3.17. The highest BCUT2D eigenvalue weighted by Gasteiger charge is 2.24. The molecule has 0 radical (unpaired) electrons. The van der Waals surface area contributed by atoms with Crippen molar-refractivity contribution in [2.24, 2.45) is 0 Å². The molecule has 112 valence electrons. The first-order valence-corrected chi connectivity index (χ1v) is 7.51. The van der Waals surface area contributed by atoms with Gasteiger partial charge in [0.25, 0.3) is 0 Å². The van der Waals surface area contributed by atoms with Crippen molar-refractivity contribution in [3.63, 3.8) is 0 Å². The number of imidazole rings is 1. The van der Waals surface area contributed by atoms with Crippen molar-refractivity contribution in [1.82, 2.24) is 19.5 Å². The van der Waals surface area contributed by atoms with Crippen molar-refractivity contribution >= 4 is 16.9 Å². The molecule has 0 amide bonds. The lowest BCUT2D eigenvalue weighted by Crippen LogP contribution is -2.23. The van der Waals surface area contributed by atoms with Gasteiger partial charge in [0.15, 0.2) is 0 Å². The molecule has 6 nitrogen and oxygen atoms in total. The smallest absolute Gasteiger partial charge is 0.327 e. The fourth-order valence-electron chi connectivity index (χ4n) is 3.17. The van der Waals surface area contributed by atoms with Crippen LogP contribution < -0.4 is 11.0 Å². The van der Waals surface area contributed by atoms with Crippen molar-refractivity contribution in [2.45, 2.75) is 25.8 Å². The van der Waals surface area contributed by atoms with Gasteiger partial charge in [-0.1, -0.05) is 12.1 Å². The van der Waals surface area contributed by atoms with E-state index >= 15 is 0 Å². The Bertz CT molecular complexity index is 895. The largest absolute Gasteiger partial charge is 0.370 e. The second-order valence-electron chi connectivity index (χ2n) is 5.62. The summed E-state index contributed by atoms with van der Waals surface area (Å²) in [4.78, 5) is 24.2. The number of aryl methyl sites for hydroxylation is 1. The van der Waals surface area contributed by atoms with Gasteiger partial charge < -0.3 is 10.3 Å². The summed E-state index contributed by atoms with van der Waals surface area (Å²) in [6.45, 7) is 2.73. The molecule has 0 saturated carbocycles. The molecule has 0 fully saturated rings. The third-order valence-corrected chi connectivity index (χ3v) is 4.18. The molecule has 0 bridgehead atoms. The number of hydrogen-bond acceptors (Lipinski definition) is 4. The molecule has 1 atom stereocenters. The minimum atomic E-state index is -0.0837. The number of rotatable bonds is 1. The maximum atomic E-state index is 12.5. The molecule has 4 rings (SSSR count). The van der Waals surface area contributed by atoms with Crippen molar-refractivity contribution in [2.75, 3.05) is 11.9 Å². The van der Waals surface area contributed by atoms with Crippen LogP contribution in [0.25, 0.3) is 11.0 Å². The van der Waals surface area contributed by atoms with Crippen molar-refractivity contribution < 1.29 is 0 Å². The van der Waals surface area contributed by atoms with Gasteiger partial charge in [-0.2, -0.15) is 0 Å². The van der Waals surface area contributed by atoms with Gasteiger partial charge in [0, 0.05) is 18.3 Å². The van der Waals surface area contributed by atoms with Gasteiger partial charge in [0.05, 0.1) is 17.1 Å². The Balaban J connectivity index is 1.95. The van der Waals surface area contributed by atoms with E-state index in [-0.39, 0.29) is 11.7 Å². The highest BCUT2D eigenvalue weighted by Crippen LogP contribution is 2.31. The van der Waals surface area contributed by atoms with E-state index in [1.807, 2.05) is 42.0 Å². The molecule has 3 aromatic rings. The zero-order valence-electron chi connectivity index (χ0n) is 12.3. The van der Waals surface area contributed by atoms with Crippen LogP contribution in [0.2, 0.25) is 0 Å². The Morgan fingerprint density at radius 3 is 3.09 bits per heavy atom. The lowest BCUT2D eigenvalue weighted by Gasteiger charge is -2.18. The lowest BCUT2D eigenvalue weighted by atomic mass is 10.0. The van der Waals surface area contributed by atoms with Gasteiger partial charge in [0.2, 0.25) is 0 Å². The Labute approximate surface area is 127 Å². The van der Waals surface area contributed by atoms with Crippen molar-refractivity contribution in [3.05, 3.63) is 52.3 Å². The number of nitrogens with zero attached hydrogens (tertiary/aromatic N) is 3. The highest BCUT2D eigenvalue weighted by molar-refractivity contribution is 5.75. The van der Waals surface area contributed by atoms with Crippen LogP contribution in [0.1, 0.15) is 30.3 Å². The van der Waals surface area contributed by atoms with Crippen LogP contribution in [0, 0.1) is 6.92 Å². The number of para-hydroxylation sites is 2. The van der Waals surface area contributed by atoms with Crippen LogP contribution in [0.15, 0.2) is 35.3 Å². The van der Waals surface area contributed by atoms with E-state index in [9.17, 15) is 4.79 Å². The minimum Gasteiger partial charge on any atom is -0.370 e. The first kappa shape index (κ1) is 13.1. The van der Waals surface area contributed by atoms with E-state index < -0.39 is 0 Å². The molecule has 0 spiro atoms. The van der Waals surface area contributed by atoms with Crippen LogP contribution in [-0.4, -0.2) is 26.1 Å². The predicted molar refractivity (Wildman–Crippen MR) is 85.2 cm³/mol. The van der Waals surface area contributed by atoms with E-state index in [2.05, 4.69) is 20.3 Å². The lowest BCUT2D eigenvalue weighted by molar-refractivity contribution is 0.534. The van der Waals surface area contributed by atoms with Crippen molar-refractivity contribution in [1.29, 1.82) is 0 Å². The Kier molecular flexibility index (Phi) is 2.96. The summed E-state index contributed by atoms with van der Waals surface area (Å²) in [7, 11) is 0. The molecule has 3 heterocycles. The molecule has 1 aromatic carbocycles. The summed E-state index contributed by atoms with van der Waals surface area (Å²) in [5.74, 6) is 1.57. The fraction of sp³-hybridized carbons (Fsp3) is 0.312. The predicted octanol–water partition coefficient (Wildman–Crippen LogP) is 2.22. The van der Waals surface area contributed by atoms with Crippen LogP contribution in [0.3, 0.4) is 0 Å². The number of fused-ring (bicyclic) bond motifs is 2. The summed E-state index contributed by atoms with van der Waals surface area (Å²) in [5.41, 5.74) is 2.68. The standard InChI is InChI=1S/C16H17N5O/c1-10-18-9-11-13(7-4-8-17-15(11)19-10)21-14-6-3-2-5-12(14)20-16(21)22/h2-3,5-6,9,13H,4,7-8H2,1H3,(H,20,22)(H,17,18,19). The van der Waals surface area contributed by atoms with E-state index in [0.29, 0.717) is 0 Å². The van der Waals surface area contributed by atoms with Gasteiger partial charge in [-0.05, 0) is 31.9 Å². The molecule has 0 aliphatic carbocycles. The van der Waals surface area contributed by atoms with Gasteiger partial charge in [-0.25, -0.2) is 14.8 Å². The second kappa shape index (κ2) is 4.98. The minimum absolute atomic E-state index is 0.0470. The normalized spacial score (nSPS) is 17.8. The molecule has 0 saturated heterocycles. The van der Waals surface area contributed by atoms with Crippen LogP contribution in [0.4, 0.5) is 5.82 Å². The SMILES string of the molecule is Cc1ncc2c(n1)NCCCC2n1c(=O)[nH]c2ccccc21. The van der Waals surface area contributed by atoms with Crippen LogP contribution >= 0.6 is 0 Å². The molecular weight excluding hydrogens is 278 g/mol. The molecule has 2 aromatic heterocycles. The zero-order chi connectivity index (χ0) is 15.1. The van der Waals surface area contributed by atoms with E-state index in [0.717, 1.165) is 47.6 Å². The van der Waals surface area contributed by atoms with E-state index in [4.69, 9.17) is 0 Å². The molecule has 1 aliphatic heterocycles. The summed E-state index contributed by atoms with van der Waals surface area (Å²) in [6.07, 6.45) is 3.70. The van der Waals surface area contributed by atoms with Gasteiger partial charge in [0.1, 0.15) is 11.6 Å². The number of benzene rings is 1. The third kappa shape index (κ3) is 1.99. The number of aromatic amines is 1. The number of nitrogens with one attached hydrogen (secondary N) is 2. The van der Waals surface area contributed by atoms with Crippen molar-refractivity contribution in [3.8, 4) is 0 Å². The average Bonchev–Trinajstić information content (AvgIpc) is 2.71. The van der Waals surface area contributed by atoms with Gasteiger partial charge in [-0.3, -0.25) is 4.57 Å². The highest BCUT2D eigenvalue weighted by atomic mass is 16.1. The van der Waals surface area contributed by atoms with E-state index in [1.165, 1.54) is 0 Å². The summed E-state index contributed by atoms with van der Waals surface area (Å²) in [6, 6.07) is 7.73. The Morgan fingerprint density at radius 2 is 2.18 bits per heavy atom. The van der Waals surface area contributed by atoms with Gasteiger partial charge >= 0.3 is 5.69 Å². The number of anilines is 1. The monoisotopic (exact) mass is 295 g/mol. The summed E-state index contributed by atoms with van der Waals surface area (Å²) in [5, 5.41) is 3.35. The third-order valence-electron chi connectivity index (χ3n) is 4.18. The number of H-pyrrole nitrogens is 1. The average molecular weight is 295 g/mol. The quantitative estimate of drug-likeness (QED) is 0.722. The zero-order valence-corrected chi connectivity index (χ0v) is 12.3. The second-order valence-corrected chi connectivity index (χ2v) is 5.62. The summed E-state index contributed by atoms with van der Waals surface area (Å²) < 4.78 is 1.83. The Morgan fingerprint density at radius 1 is 1.32 bits per heavy atom. The first-order chi connectivity index (χ1) is 10.7. The first-order valence-electron chi connectivity index (χ1n) is 7.51. The molecule has 1 unspecified atom stereocenters. The van der Waals surface area contributed by atoms with Gasteiger partial charge in [-0.15, -0.1) is 0 Å². The molecule has 1 aliphatic rings. The molecule has 6 heteroatoms. The maximum Gasteiger partial charge on any atom is 0.327 e. The topological polar surface area (TPSA) is 75.6 Å². The van der Waals surface area contributed by atoms with Crippen LogP contribution in [0.5, 0.6) is 0 Å². The molecule has 22 heavy (non-hydrogen) atoms.